The molecule has 1 aromatic heterocycles. The summed E-state index contributed by atoms with van der Waals surface area (Å²) in [6, 6.07) is 3.26. The first-order chi connectivity index (χ1) is 8.90. The van der Waals surface area contributed by atoms with Gasteiger partial charge in [-0.1, -0.05) is 0 Å². The molecule has 2 rings (SSSR count). The van der Waals surface area contributed by atoms with Crippen LogP contribution in [0, 0.1) is 19.7 Å². The quantitative estimate of drug-likeness (QED) is 0.845. The van der Waals surface area contributed by atoms with Crippen molar-refractivity contribution >= 4 is 37.5 Å². The number of aromatic nitrogens is 2. The van der Waals surface area contributed by atoms with Crippen LogP contribution in [0.3, 0.4) is 0 Å². The second-order valence-corrected chi connectivity index (χ2v) is 6.05. The van der Waals surface area contributed by atoms with Crippen LogP contribution in [0.15, 0.2) is 21.1 Å². The van der Waals surface area contributed by atoms with Crippen molar-refractivity contribution in [1.29, 1.82) is 0 Å². The molecular formula is C13H14Br2FN3. The fourth-order valence-electron chi connectivity index (χ4n) is 1.89. The number of hydrogen-bond acceptors (Lipinski definition) is 2. The number of nitrogens with one attached hydrogen (secondary N) is 1. The minimum atomic E-state index is -0.249. The summed E-state index contributed by atoms with van der Waals surface area (Å²) >= 11 is 6.72. The van der Waals surface area contributed by atoms with Crippen molar-refractivity contribution in [3.63, 3.8) is 0 Å². The van der Waals surface area contributed by atoms with E-state index in [0.29, 0.717) is 11.0 Å². The van der Waals surface area contributed by atoms with Gasteiger partial charge in [-0.05, 0) is 63.4 Å². The first-order valence-corrected chi connectivity index (χ1v) is 7.36. The molecule has 0 radical (unpaired) electrons. The van der Waals surface area contributed by atoms with Crippen molar-refractivity contribution in [2.45, 2.75) is 20.4 Å². The normalized spacial score (nSPS) is 10.8. The molecule has 0 atom stereocenters. The highest BCUT2D eigenvalue weighted by Gasteiger charge is 2.11. The standard InChI is InChI=1S/C13H14Br2FN3/c1-7-4-10(16)9(14)5-11(7)17-6-12-13(15)8(2)18-19(12)3/h4-5,17H,6H2,1-3H3. The second kappa shape index (κ2) is 5.63. The number of hydrogen-bond donors (Lipinski definition) is 1. The Kier molecular flexibility index (Phi) is 4.30. The highest BCUT2D eigenvalue weighted by molar-refractivity contribution is 9.10. The van der Waals surface area contributed by atoms with E-state index in [9.17, 15) is 4.39 Å². The van der Waals surface area contributed by atoms with Crippen LogP contribution >= 0.6 is 31.9 Å². The predicted octanol–water partition coefficient (Wildman–Crippen LogP) is 4.31. The second-order valence-electron chi connectivity index (χ2n) is 4.40. The summed E-state index contributed by atoms with van der Waals surface area (Å²) in [5.74, 6) is -0.249. The highest BCUT2D eigenvalue weighted by atomic mass is 79.9. The van der Waals surface area contributed by atoms with Gasteiger partial charge in [-0.15, -0.1) is 0 Å². The first-order valence-electron chi connectivity index (χ1n) is 5.77. The van der Waals surface area contributed by atoms with Gasteiger partial charge in [-0.25, -0.2) is 4.39 Å². The van der Waals surface area contributed by atoms with Crippen molar-refractivity contribution < 1.29 is 4.39 Å². The summed E-state index contributed by atoms with van der Waals surface area (Å²) < 4.78 is 16.7. The van der Waals surface area contributed by atoms with Crippen LogP contribution in [0.2, 0.25) is 0 Å². The Morgan fingerprint density at radius 1 is 1.32 bits per heavy atom. The highest BCUT2D eigenvalue weighted by Crippen LogP contribution is 2.26. The van der Waals surface area contributed by atoms with Crippen molar-refractivity contribution in [3.8, 4) is 0 Å². The third-order valence-electron chi connectivity index (χ3n) is 2.98. The van der Waals surface area contributed by atoms with Crippen LogP contribution in [0.4, 0.5) is 10.1 Å². The summed E-state index contributed by atoms with van der Waals surface area (Å²) in [5, 5.41) is 7.64. The molecule has 0 fully saturated rings. The van der Waals surface area contributed by atoms with Crippen LogP contribution in [0.25, 0.3) is 0 Å². The maximum absolute atomic E-state index is 13.4. The number of nitrogens with zero attached hydrogens (tertiary/aromatic N) is 2. The van der Waals surface area contributed by atoms with Crippen molar-refractivity contribution in [3.05, 3.63) is 43.8 Å². The van der Waals surface area contributed by atoms with Crippen molar-refractivity contribution in [1.82, 2.24) is 9.78 Å². The van der Waals surface area contributed by atoms with Crippen molar-refractivity contribution in [2.24, 2.45) is 7.05 Å². The molecule has 19 heavy (non-hydrogen) atoms. The number of halogens is 3. The van der Waals surface area contributed by atoms with Crippen LogP contribution in [0.5, 0.6) is 0 Å². The average Bonchev–Trinajstić information content (AvgIpc) is 2.57. The predicted molar refractivity (Wildman–Crippen MR) is 81.8 cm³/mol. The van der Waals surface area contributed by atoms with E-state index in [1.807, 2.05) is 25.6 Å². The van der Waals surface area contributed by atoms with E-state index in [1.165, 1.54) is 6.07 Å². The molecule has 0 bridgehead atoms. The van der Waals surface area contributed by atoms with E-state index >= 15 is 0 Å². The molecule has 0 aliphatic carbocycles. The molecule has 6 heteroatoms. The average molecular weight is 391 g/mol. The summed E-state index contributed by atoms with van der Waals surface area (Å²) in [4.78, 5) is 0. The monoisotopic (exact) mass is 389 g/mol. The van der Waals surface area contributed by atoms with E-state index < -0.39 is 0 Å². The van der Waals surface area contributed by atoms with Gasteiger partial charge in [0, 0.05) is 12.7 Å². The van der Waals surface area contributed by atoms with Crippen LogP contribution < -0.4 is 5.32 Å². The molecule has 0 aliphatic heterocycles. The lowest BCUT2D eigenvalue weighted by Gasteiger charge is -2.11. The summed E-state index contributed by atoms with van der Waals surface area (Å²) in [6.45, 7) is 4.45. The Balaban J connectivity index is 2.21. The van der Waals surface area contributed by atoms with E-state index in [1.54, 1.807) is 6.07 Å². The van der Waals surface area contributed by atoms with Gasteiger partial charge in [0.15, 0.2) is 0 Å². The minimum Gasteiger partial charge on any atom is -0.379 e. The van der Waals surface area contributed by atoms with Crippen LogP contribution in [0.1, 0.15) is 17.0 Å². The van der Waals surface area contributed by atoms with Gasteiger partial charge >= 0.3 is 0 Å². The summed E-state index contributed by atoms with van der Waals surface area (Å²) in [7, 11) is 1.90. The zero-order valence-electron chi connectivity index (χ0n) is 10.9. The fraction of sp³-hybridized carbons (Fsp3) is 0.308. The Bertz CT molecular complexity index is 623. The topological polar surface area (TPSA) is 29.9 Å². The molecule has 0 amide bonds. The summed E-state index contributed by atoms with van der Waals surface area (Å²) in [6.07, 6.45) is 0. The van der Waals surface area contributed by atoms with Gasteiger partial charge in [0.05, 0.1) is 26.9 Å². The largest absolute Gasteiger partial charge is 0.379 e. The van der Waals surface area contributed by atoms with Gasteiger partial charge in [0.25, 0.3) is 0 Å². The SMILES string of the molecule is Cc1cc(F)c(Br)cc1NCc1c(Br)c(C)nn1C. The Morgan fingerprint density at radius 2 is 2.00 bits per heavy atom. The maximum Gasteiger partial charge on any atom is 0.137 e. The van der Waals surface area contributed by atoms with Gasteiger partial charge in [0.2, 0.25) is 0 Å². The van der Waals surface area contributed by atoms with E-state index in [2.05, 4.69) is 42.3 Å². The molecule has 1 aromatic carbocycles. The first kappa shape index (κ1) is 14.5. The molecule has 0 saturated carbocycles. The maximum atomic E-state index is 13.4. The molecule has 0 spiro atoms. The number of aryl methyl sites for hydroxylation is 3. The van der Waals surface area contributed by atoms with Gasteiger partial charge in [-0.2, -0.15) is 5.10 Å². The van der Waals surface area contributed by atoms with Gasteiger partial charge in [-0.3, -0.25) is 4.68 Å². The van der Waals surface area contributed by atoms with E-state index in [-0.39, 0.29) is 5.82 Å². The van der Waals surface area contributed by atoms with E-state index in [0.717, 1.165) is 27.1 Å². The Morgan fingerprint density at radius 3 is 2.58 bits per heavy atom. The molecule has 0 unspecified atom stereocenters. The number of benzene rings is 1. The Hall–Kier alpha value is -0.880. The molecule has 0 aliphatic rings. The zero-order valence-corrected chi connectivity index (χ0v) is 14.1. The molecule has 1 N–H and O–H groups in total. The fourth-order valence-corrected chi connectivity index (χ4v) is 2.71. The lowest BCUT2D eigenvalue weighted by molar-refractivity contribution is 0.620. The summed E-state index contributed by atoms with van der Waals surface area (Å²) in [5.41, 5.74) is 3.78. The number of anilines is 1. The van der Waals surface area contributed by atoms with E-state index in [4.69, 9.17) is 0 Å². The Labute approximate surface area is 128 Å². The molecule has 1 heterocycles. The molecule has 0 saturated heterocycles. The van der Waals surface area contributed by atoms with Crippen LogP contribution in [-0.4, -0.2) is 9.78 Å². The molecular weight excluding hydrogens is 377 g/mol. The van der Waals surface area contributed by atoms with Gasteiger partial charge in [0.1, 0.15) is 5.82 Å². The number of rotatable bonds is 3. The van der Waals surface area contributed by atoms with Crippen molar-refractivity contribution in [2.75, 3.05) is 5.32 Å². The lowest BCUT2D eigenvalue weighted by Crippen LogP contribution is -2.07. The molecule has 3 nitrogen and oxygen atoms in total. The smallest absolute Gasteiger partial charge is 0.137 e. The van der Waals surface area contributed by atoms with Crippen LogP contribution in [-0.2, 0) is 13.6 Å². The third-order valence-corrected chi connectivity index (χ3v) is 4.61. The third kappa shape index (κ3) is 3.00. The molecule has 2 aromatic rings. The zero-order chi connectivity index (χ0) is 14.2. The van der Waals surface area contributed by atoms with Gasteiger partial charge < -0.3 is 5.32 Å². The lowest BCUT2D eigenvalue weighted by atomic mass is 10.2. The minimum absolute atomic E-state index is 0.249. The molecule has 102 valence electrons.